The summed E-state index contributed by atoms with van der Waals surface area (Å²) in [6.45, 7) is 7.85. The van der Waals surface area contributed by atoms with Crippen molar-refractivity contribution in [3.8, 4) is 0 Å². The highest BCUT2D eigenvalue weighted by molar-refractivity contribution is 5.86. The molecule has 0 rings (SSSR count). The molecule has 0 saturated heterocycles. The number of unbranched alkanes of at least 4 members (excludes halogenated alkanes) is 2. The molecule has 0 aromatic carbocycles. The minimum atomic E-state index is -0.733. The number of carbonyl (C=O) groups excluding carboxylic acids is 2. The van der Waals surface area contributed by atoms with Crippen LogP contribution < -0.4 is 0 Å². The Morgan fingerprint density at radius 3 is 2.04 bits per heavy atom. The molecule has 0 saturated carbocycles. The third kappa shape index (κ3) is 15.9. The third-order valence-electron chi connectivity index (χ3n) is 2.94. The van der Waals surface area contributed by atoms with Crippen molar-refractivity contribution in [3.63, 3.8) is 0 Å². The molecule has 7 heteroatoms. The minimum Gasteiger partial charge on any atom is -0.390 e. The number of hydrogen-bond donors (Lipinski definition) is 0. The summed E-state index contributed by atoms with van der Waals surface area (Å²) in [5.74, 6) is -1.47. The fourth-order valence-electron chi connectivity index (χ4n) is 1.56. The fraction of sp³-hybridized carbons (Fsp3) is 0.882. The summed E-state index contributed by atoms with van der Waals surface area (Å²) in [6, 6.07) is 0. The summed E-state index contributed by atoms with van der Waals surface area (Å²) in [4.78, 5) is 22.8. The van der Waals surface area contributed by atoms with Crippen LogP contribution in [0, 0.1) is 0 Å². The number of carbonyl (C=O) groups is 2. The number of ether oxygens (including phenoxy) is 5. The molecule has 0 aliphatic rings. The first-order valence-electron chi connectivity index (χ1n) is 8.68. The molecule has 0 N–H and O–H groups in total. The number of esters is 2. The molecule has 7 nitrogen and oxygen atoms in total. The Balaban J connectivity index is 3.52. The van der Waals surface area contributed by atoms with Gasteiger partial charge in [-0.3, -0.25) is 0 Å². The Kier molecular flexibility index (Phi) is 16.1. The van der Waals surface area contributed by atoms with Crippen molar-refractivity contribution >= 4 is 11.9 Å². The van der Waals surface area contributed by atoms with Gasteiger partial charge in [0, 0.05) is 13.2 Å². The van der Waals surface area contributed by atoms with Crippen molar-refractivity contribution in [2.45, 2.75) is 52.6 Å². The summed E-state index contributed by atoms with van der Waals surface area (Å²) < 4.78 is 25.5. The van der Waals surface area contributed by atoms with Crippen molar-refractivity contribution < 1.29 is 33.3 Å². The second-order valence-electron chi connectivity index (χ2n) is 5.41. The fourth-order valence-corrected chi connectivity index (χ4v) is 1.56. The Hall–Kier alpha value is -1.02. The lowest BCUT2D eigenvalue weighted by Crippen LogP contribution is -2.25. The van der Waals surface area contributed by atoms with Gasteiger partial charge in [0.05, 0.1) is 25.9 Å². The summed E-state index contributed by atoms with van der Waals surface area (Å²) >= 11 is 0. The first kappa shape index (κ1) is 23.0. The average Bonchev–Trinajstić information content (AvgIpc) is 2.56. The zero-order chi connectivity index (χ0) is 18.0. The zero-order valence-corrected chi connectivity index (χ0v) is 15.2. The minimum absolute atomic E-state index is 0.235. The van der Waals surface area contributed by atoms with Gasteiger partial charge in [-0.05, 0) is 19.8 Å². The van der Waals surface area contributed by atoms with Crippen molar-refractivity contribution in [1.29, 1.82) is 0 Å². The Morgan fingerprint density at radius 2 is 1.38 bits per heavy atom. The molecule has 0 radical (unpaired) electrons. The normalized spacial score (nSPS) is 12.1. The summed E-state index contributed by atoms with van der Waals surface area (Å²) in [5, 5.41) is 0. The molecule has 0 amide bonds. The highest BCUT2D eigenvalue weighted by Gasteiger charge is 2.13. The van der Waals surface area contributed by atoms with Gasteiger partial charge in [0.15, 0.2) is 0 Å². The van der Waals surface area contributed by atoms with Crippen LogP contribution in [0.1, 0.15) is 46.5 Å². The molecule has 0 spiro atoms. The molecule has 0 fully saturated rings. The number of rotatable bonds is 16. The van der Waals surface area contributed by atoms with Crippen molar-refractivity contribution in [3.05, 3.63) is 0 Å². The predicted molar refractivity (Wildman–Crippen MR) is 88.8 cm³/mol. The second kappa shape index (κ2) is 16.8. The Bertz CT molecular complexity index is 320. The van der Waals surface area contributed by atoms with Gasteiger partial charge in [-0.15, -0.1) is 0 Å². The second-order valence-corrected chi connectivity index (χ2v) is 5.41. The molecule has 0 aromatic heterocycles. The van der Waals surface area contributed by atoms with Crippen LogP contribution in [-0.2, 0) is 33.3 Å². The Labute approximate surface area is 144 Å². The maximum absolute atomic E-state index is 11.5. The predicted octanol–water partition coefficient (Wildman–Crippen LogP) is 2.11. The van der Waals surface area contributed by atoms with Gasteiger partial charge in [-0.2, -0.15) is 0 Å². The standard InChI is InChI=1S/C17H32O7/c1-4-6-8-20-10-11-22-13-16(18)24-17(19)14-23-15(3)12-21-9-7-5-2/h15H,4-14H2,1-3H3. The largest absolute Gasteiger partial charge is 0.390 e. The van der Waals surface area contributed by atoms with Gasteiger partial charge < -0.3 is 23.7 Å². The van der Waals surface area contributed by atoms with Crippen LogP contribution >= 0.6 is 0 Å². The first-order chi connectivity index (χ1) is 11.6. The topological polar surface area (TPSA) is 80.3 Å². The summed E-state index contributed by atoms with van der Waals surface area (Å²) in [5.41, 5.74) is 0. The van der Waals surface area contributed by atoms with Gasteiger partial charge in [0.2, 0.25) is 0 Å². The highest BCUT2D eigenvalue weighted by atomic mass is 16.6. The summed E-state index contributed by atoms with van der Waals surface area (Å²) in [7, 11) is 0. The van der Waals surface area contributed by atoms with E-state index in [1.165, 1.54) is 0 Å². The maximum Gasteiger partial charge on any atom is 0.339 e. The molecule has 0 bridgehead atoms. The van der Waals surface area contributed by atoms with Crippen LogP contribution in [-0.4, -0.2) is 64.3 Å². The maximum atomic E-state index is 11.5. The molecule has 0 aromatic rings. The highest BCUT2D eigenvalue weighted by Crippen LogP contribution is 1.96. The molecule has 142 valence electrons. The molecular formula is C17H32O7. The van der Waals surface area contributed by atoms with E-state index < -0.39 is 11.9 Å². The molecule has 0 heterocycles. The van der Waals surface area contributed by atoms with Crippen molar-refractivity contribution in [1.82, 2.24) is 0 Å². The van der Waals surface area contributed by atoms with E-state index in [-0.39, 0.29) is 25.9 Å². The monoisotopic (exact) mass is 348 g/mol. The van der Waals surface area contributed by atoms with E-state index in [2.05, 4.69) is 18.6 Å². The molecule has 1 atom stereocenters. The van der Waals surface area contributed by atoms with Gasteiger partial charge in [0.25, 0.3) is 0 Å². The van der Waals surface area contributed by atoms with Crippen LogP contribution in [0.5, 0.6) is 0 Å². The summed E-state index contributed by atoms with van der Waals surface area (Å²) in [6.07, 6.45) is 3.89. The van der Waals surface area contributed by atoms with Crippen LogP contribution in [0.15, 0.2) is 0 Å². The first-order valence-corrected chi connectivity index (χ1v) is 8.68. The van der Waals surface area contributed by atoms with Crippen molar-refractivity contribution in [2.24, 2.45) is 0 Å². The third-order valence-corrected chi connectivity index (χ3v) is 2.94. The van der Waals surface area contributed by atoms with Crippen LogP contribution in [0.25, 0.3) is 0 Å². The molecule has 1 unspecified atom stereocenters. The lowest BCUT2D eigenvalue weighted by Gasteiger charge is -2.12. The smallest absolute Gasteiger partial charge is 0.339 e. The zero-order valence-electron chi connectivity index (χ0n) is 15.2. The molecular weight excluding hydrogens is 316 g/mol. The quantitative estimate of drug-likeness (QED) is 0.240. The average molecular weight is 348 g/mol. The van der Waals surface area contributed by atoms with E-state index in [0.29, 0.717) is 26.4 Å². The van der Waals surface area contributed by atoms with E-state index in [1.54, 1.807) is 6.92 Å². The van der Waals surface area contributed by atoms with Crippen LogP contribution in [0.2, 0.25) is 0 Å². The van der Waals surface area contributed by atoms with E-state index >= 15 is 0 Å². The lowest BCUT2D eigenvalue weighted by atomic mass is 10.3. The van der Waals surface area contributed by atoms with Gasteiger partial charge in [-0.1, -0.05) is 26.7 Å². The van der Waals surface area contributed by atoms with E-state index in [1.807, 2.05) is 0 Å². The molecule has 24 heavy (non-hydrogen) atoms. The van der Waals surface area contributed by atoms with E-state index in [0.717, 1.165) is 25.7 Å². The molecule has 0 aliphatic carbocycles. The number of hydrogen-bond acceptors (Lipinski definition) is 7. The Morgan fingerprint density at radius 1 is 0.792 bits per heavy atom. The SMILES string of the molecule is CCCCOCCOCC(=O)OC(=O)COC(C)COCCCC. The van der Waals surface area contributed by atoms with Gasteiger partial charge >= 0.3 is 11.9 Å². The van der Waals surface area contributed by atoms with Crippen LogP contribution in [0.4, 0.5) is 0 Å². The van der Waals surface area contributed by atoms with Crippen LogP contribution in [0.3, 0.4) is 0 Å². The van der Waals surface area contributed by atoms with E-state index in [9.17, 15) is 9.59 Å². The molecule has 0 aliphatic heterocycles. The van der Waals surface area contributed by atoms with Gasteiger partial charge in [-0.25, -0.2) is 9.59 Å². The van der Waals surface area contributed by atoms with E-state index in [4.69, 9.17) is 18.9 Å². The van der Waals surface area contributed by atoms with Gasteiger partial charge in [0.1, 0.15) is 13.2 Å². The van der Waals surface area contributed by atoms with Crippen molar-refractivity contribution in [2.75, 3.05) is 46.2 Å². The lowest BCUT2D eigenvalue weighted by molar-refractivity contribution is -0.167.